The van der Waals surface area contributed by atoms with Gasteiger partial charge in [-0.2, -0.15) is 4.52 Å². The number of benzene rings is 1. The number of hydrogen-bond donors (Lipinski definition) is 2. The van der Waals surface area contributed by atoms with E-state index in [2.05, 4.69) is 46.3 Å². The van der Waals surface area contributed by atoms with Gasteiger partial charge in [-0.25, -0.2) is 4.98 Å². The number of amides is 1. The first-order chi connectivity index (χ1) is 15.1. The maximum Gasteiger partial charge on any atom is 0.231 e. The third kappa shape index (κ3) is 4.24. The Bertz CT molecular complexity index is 1060. The first-order valence-electron chi connectivity index (χ1n) is 11.1. The van der Waals surface area contributed by atoms with E-state index >= 15 is 0 Å². The molecular formula is C22H29N7OS. The van der Waals surface area contributed by atoms with Crippen LogP contribution >= 0.6 is 11.3 Å². The van der Waals surface area contributed by atoms with E-state index in [1.54, 1.807) is 11.3 Å². The highest BCUT2D eigenvalue weighted by atomic mass is 32.1. The van der Waals surface area contributed by atoms with E-state index in [1.807, 2.05) is 4.52 Å². The number of rotatable bonds is 6. The Morgan fingerprint density at radius 3 is 2.55 bits per heavy atom. The van der Waals surface area contributed by atoms with Crippen molar-refractivity contribution in [1.29, 1.82) is 0 Å². The number of nitrogens with two attached hydrogens (primary N) is 1. The molecule has 1 saturated heterocycles. The fraction of sp³-hybridized carbons (Fsp3) is 0.500. The van der Waals surface area contributed by atoms with Crippen LogP contribution in [0.25, 0.3) is 16.2 Å². The lowest BCUT2D eigenvalue weighted by Crippen LogP contribution is -2.48. The number of aromatic nitrogens is 3. The molecule has 3 heterocycles. The third-order valence-electron chi connectivity index (χ3n) is 6.24. The molecule has 2 aliphatic rings. The van der Waals surface area contributed by atoms with Gasteiger partial charge in [-0.05, 0) is 19.8 Å². The van der Waals surface area contributed by atoms with Crippen molar-refractivity contribution in [3.8, 4) is 11.3 Å². The maximum absolute atomic E-state index is 11.2. The van der Waals surface area contributed by atoms with Gasteiger partial charge < -0.3 is 16.0 Å². The summed E-state index contributed by atoms with van der Waals surface area (Å²) in [5.41, 5.74) is 8.67. The van der Waals surface area contributed by atoms with E-state index in [1.165, 1.54) is 31.2 Å². The van der Waals surface area contributed by atoms with Gasteiger partial charge in [0.2, 0.25) is 16.0 Å². The molecule has 5 rings (SSSR count). The smallest absolute Gasteiger partial charge is 0.231 e. The Hall–Kier alpha value is -2.65. The number of aryl methyl sites for hydroxylation is 1. The van der Waals surface area contributed by atoms with Crippen LogP contribution in [0.2, 0.25) is 0 Å². The summed E-state index contributed by atoms with van der Waals surface area (Å²) in [6.45, 7) is 5.72. The van der Waals surface area contributed by atoms with Crippen molar-refractivity contribution in [2.24, 2.45) is 5.73 Å². The second-order valence-corrected chi connectivity index (χ2v) is 9.54. The van der Waals surface area contributed by atoms with Gasteiger partial charge in [0, 0.05) is 37.8 Å². The number of fused-ring (bicyclic) bond motifs is 1. The maximum atomic E-state index is 11.2. The van der Waals surface area contributed by atoms with Crippen LogP contribution in [0.5, 0.6) is 0 Å². The molecule has 0 atom stereocenters. The van der Waals surface area contributed by atoms with Gasteiger partial charge >= 0.3 is 0 Å². The number of anilines is 2. The van der Waals surface area contributed by atoms with Gasteiger partial charge in [-0.3, -0.25) is 9.69 Å². The molecule has 0 unspecified atom stereocenters. The molecule has 31 heavy (non-hydrogen) atoms. The minimum Gasteiger partial charge on any atom is -0.369 e. The number of imidazole rings is 1. The Morgan fingerprint density at radius 1 is 1.16 bits per heavy atom. The molecule has 2 fully saturated rings. The lowest BCUT2D eigenvalue weighted by atomic mass is 10.1. The van der Waals surface area contributed by atoms with Crippen molar-refractivity contribution in [2.75, 3.05) is 42.9 Å². The average molecular weight is 440 g/mol. The summed E-state index contributed by atoms with van der Waals surface area (Å²) in [6.07, 6.45) is 4.94. The number of hydrogen-bond acceptors (Lipinski definition) is 7. The van der Waals surface area contributed by atoms with Crippen LogP contribution in [0.3, 0.4) is 0 Å². The standard InChI is InChI=1S/C22H29N7OS/c1-15-6-8-16(9-7-15)19-20(24-17-4-2-3-5-17)29-21(25-19)31-22(26-29)28-12-10-27(11-13-28)14-18(23)30/h6-9,17,24H,2-5,10-14H2,1H3,(H2,23,30). The molecule has 0 bridgehead atoms. The zero-order valence-corrected chi connectivity index (χ0v) is 18.7. The van der Waals surface area contributed by atoms with Gasteiger partial charge in [0.25, 0.3) is 0 Å². The molecule has 0 radical (unpaired) electrons. The molecule has 3 aromatic rings. The predicted octanol–water partition coefficient (Wildman–Crippen LogP) is 2.73. The number of nitrogens with zero attached hydrogens (tertiary/aromatic N) is 5. The van der Waals surface area contributed by atoms with Crippen molar-refractivity contribution >= 4 is 33.2 Å². The number of carbonyl (C=O) groups is 1. The number of piperazine rings is 1. The van der Waals surface area contributed by atoms with E-state index in [4.69, 9.17) is 15.8 Å². The Kier molecular flexibility index (Phi) is 5.54. The highest BCUT2D eigenvalue weighted by Gasteiger charge is 2.25. The highest BCUT2D eigenvalue weighted by molar-refractivity contribution is 7.20. The number of primary amides is 1. The summed E-state index contributed by atoms with van der Waals surface area (Å²) in [4.78, 5) is 21.5. The molecule has 3 N–H and O–H groups in total. The van der Waals surface area contributed by atoms with Gasteiger partial charge in [-0.1, -0.05) is 54.0 Å². The summed E-state index contributed by atoms with van der Waals surface area (Å²) >= 11 is 1.63. The van der Waals surface area contributed by atoms with Crippen molar-refractivity contribution in [1.82, 2.24) is 19.5 Å². The van der Waals surface area contributed by atoms with Crippen LogP contribution in [0.4, 0.5) is 10.9 Å². The summed E-state index contributed by atoms with van der Waals surface area (Å²) in [6, 6.07) is 9.02. The third-order valence-corrected chi connectivity index (χ3v) is 7.21. The quantitative estimate of drug-likeness (QED) is 0.614. The van der Waals surface area contributed by atoms with Gasteiger partial charge in [0.05, 0.1) is 6.54 Å². The van der Waals surface area contributed by atoms with E-state index < -0.39 is 0 Å². The summed E-state index contributed by atoms with van der Waals surface area (Å²) in [5.74, 6) is 0.730. The van der Waals surface area contributed by atoms with E-state index in [0.29, 0.717) is 12.6 Å². The van der Waals surface area contributed by atoms with Gasteiger partial charge in [0.1, 0.15) is 5.69 Å². The van der Waals surface area contributed by atoms with Crippen LogP contribution in [0, 0.1) is 6.92 Å². The molecular weight excluding hydrogens is 410 g/mol. The number of nitrogens with one attached hydrogen (secondary N) is 1. The molecule has 164 valence electrons. The van der Waals surface area contributed by atoms with E-state index in [-0.39, 0.29) is 5.91 Å². The molecule has 1 aromatic carbocycles. The summed E-state index contributed by atoms with van der Waals surface area (Å²) in [7, 11) is 0. The van der Waals surface area contributed by atoms with Crippen molar-refractivity contribution in [2.45, 2.75) is 38.6 Å². The normalized spacial score (nSPS) is 18.2. The average Bonchev–Trinajstić information content (AvgIpc) is 3.47. The Morgan fingerprint density at radius 2 is 1.87 bits per heavy atom. The molecule has 9 heteroatoms. The van der Waals surface area contributed by atoms with Crippen LogP contribution in [-0.4, -0.2) is 64.2 Å². The monoisotopic (exact) mass is 439 g/mol. The fourth-order valence-corrected chi connectivity index (χ4v) is 5.44. The lowest BCUT2D eigenvalue weighted by molar-refractivity contribution is -0.119. The Labute approximate surface area is 186 Å². The first kappa shape index (κ1) is 20.3. The zero-order valence-electron chi connectivity index (χ0n) is 17.9. The topological polar surface area (TPSA) is 91.8 Å². The minimum atomic E-state index is -0.271. The van der Waals surface area contributed by atoms with Crippen LogP contribution in [-0.2, 0) is 4.79 Å². The molecule has 2 aromatic heterocycles. The van der Waals surface area contributed by atoms with E-state index in [0.717, 1.165) is 53.3 Å². The van der Waals surface area contributed by atoms with Crippen molar-refractivity contribution in [3.63, 3.8) is 0 Å². The lowest BCUT2D eigenvalue weighted by Gasteiger charge is -2.33. The molecule has 1 aliphatic carbocycles. The minimum absolute atomic E-state index is 0.271. The van der Waals surface area contributed by atoms with Crippen molar-refractivity contribution < 1.29 is 4.79 Å². The van der Waals surface area contributed by atoms with Crippen LogP contribution < -0.4 is 16.0 Å². The molecule has 1 amide bonds. The second kappa shape index (κ2) is 8.47. The summed E-state index contributed by atoms with van der Waals surface area (Å²) in [5, 5.41) is 9.69. The fourth-order valence-electron chi connectivity index (χ4n) is 4.49. The predicted molar refractivity (Wildman–Crippen MR) is 125 cm³/mol. The second-order valence-electron chi connectivity index (χ2n) is 8.61. The molecule has 1 aliphatic heterocycles. The number of carbonyl (C=O) groups excluding carboxylic acids is 1. The molecule has 1 saturated carbocycles. The summed E-state index contributed by atoms with van der Waals surface area (Å²) < 4.78 is 1.99. The van der Waals surface area contributed by atoms with Crippen LogP contribution in [0.1, 0.15) is 31.2 Å². The SMILES string of the molecule is Cc1ccc(-c2nc3sc(N4CCN(CC(N)=O)CC4)nn3c2NC2CCCC2)cc1. The Balaban J connectivity index is 1.43. The van der Waals surface area contributed by atoms with Crippen LogP contribution in [0.15, 0.2) is 24.3 Å². The highest BCUT2D eigenvalue weighted by Crippen LogP contribution is 2.35. The van der Waals surface area contributed by atoms with Gasteiger partial charge in [0.15, 0.2) is 5.82 Å². The van der Waals surface area contributed by atoms with E-state index in [9.17, 15) is 4.79 Å². The zero-order chi connectivity index (χ0) is 21.4. The molecule has 8 nitrogen and oxygen atoms in total. The largest absolute Gasteiger partial charge is 0.369 e. The van der Waals surface area contributed by atoms with Crippen molar-refractivity contribution in [3.05, 3.63) is 29.8 Å². The molecule has 0 spiro atoms. The first-order valence-corrected chi connectivity index (χ1v) is 11.9. The van der Waals surface area contributed by atoms with Gasteiger partial charge in [-0.15, -0.1) is 5.10 Å².